The first kappa shape index (κ1) is 14.0. The van der Waals surface area contributed by atoms with Gasteiger partial charge in [-0.2, -0.15) is 4.98 Å². The van der Waals surface area contributed by atoms with Crippen LogP contribution in [-0.4, -0.2) is 16.6 Å². The normalized spacial score (nSPS) is 11.2. The molecule has 0 saturated heterocycles. The summed E-state index contributed by atoms with van der Waals surface area (Å²) in [6, 6.07) is 2.10. The second-order valence-electron chi connectivity index (χ2n) is 4.81. The molecule has 5 nitrogen and oxygen atoms in total. The lowest BCUT2D eigenvalue weighted by Crippen LogP contribution is -2.11. The number of nitrogen functional groups attached to an aromatic ring is 1. The third-order valence-corrected chi connectivity index (χ3v) is 3.99. The maximum Gasteiger partial charge on any atom is 0.241 e. The van der Waals surface area contributed by atoms with E-state index < -0.39 is 0 Å². The average molecular weight is 280 g/mol. The minimum Gasteiger partial charge on any atom is -0.477 e. The van der Waals surface area contributed by atoms with Gasteiger partial charge in [0.1, 0.15) is 4.83 Å². The van der Waals surface area contributed by atoms with Gasteiger partial charge < -0.3 is 4.74 Å². The van der Waals surface area contributed by atoms with Crippen molar-refractivity contribution >= 4 is 27.5 Å². The molecular weight excluding hydrogens is 260 g/mol. The van der Waals surface area contributed by atoms with Gasteiger partial charge in [-0.3, -0.25) is 5.43 Å². The molecule has 0 bridgehead atoms. The molecule has 0 aliphatic rings. The Kier molecular flexibility index (Phi) is 4.55. The SMILES string of the molecule is CCc1cc2c(OCCC(C)C)nc(NN)nc2s1. The van der Waals surface area contributed by atoms with Crippen LogP contribution in [0.3, 0.4) is 0 Å². The summed E-state index contributed by atoms with van der Waals surface area (Å²) >= 11 is 1.65. The molecule has 0 aliphatic carbocycles. The summed E-state index contributed by atoms with van der Waals surface area (Å²) < 4.78 is 5.79. The maximum absolute atomic E-state index is 5.79. The Morgan fingerprint density at radius 3 is 2.84 bits per heavy atom. The van der Waals surface area contributed by atoms with Gasteiger partial charge in [0.2, 0.25) is 11.8 Å². The van der Waals surface area contributed by atoms with Crippen molar-refractivity contribution in [3.63, 3.8) is 0 Å². The summed E-state index contributed by atoms with van der Waals surface area (Å²) in [7, 11) is 0. The molecular formula is C13H20N4OS. The molecule has 2 heterocycles. The van der Waals surface area contributed by atoms with Crippen LogP contribution in [0, 0.1) is 5.92 Å². The molecule has 0 aromatic carbocycles. The zero-order chi connectivity index (χ0) is 13.8. The number of nitrogens with two attached hydrogens (primary N) is 1. The molecule has 0 saturated carbocycles. The fraction of sp³-hybridized carbons (Fsp3) is 0.538. The number of ether oxygens (including phenoxy) is 1. The first-order valence-corrected chi connectivity index (χ1v) is 7.35. The van der Waals surface area contributed by atoms with Gasteiger partial charge in [-0.15, -0.1) is 11.3 Å². The number of fused-ring (bicyclic) bond motifs is 1. The van der Waals surface area contributed by atoms with Gasteiger partial charge in [0.25, 0.3) is 0 Å². The van der Waals surface area contributed by atoms with Crippen LogP contribution in [0.5, 0.6) is 5.88 Å². The standard InChI is InChI=1S/C13H20N4OS/c1-4-9-7-10-11(18-6-5-8(2)3)15-13(17-14)16-12(10)19-9/h7-8H,4-6,14H2,1-3H3,(H,15,16,17). The highest BCUT2D eigenvalue weighted by Gasteiger charge is 2.12. The lowest BCUT2D eigenvalue weighted by molar-refractivity contribution is 0.283. The van der Waals surface area contributed by atoms with Crippen molar-refractivity contribution in [2.75, 3.05) is 12.0 Å². The highest BCUT2D eigenvalue weighted by atomic mass is 32.1. The molecule has 2 rings (SSSR count). The number of aromatic nitrogens is 2. The van der Waals surface area contributed by atoms with Crippen molar-refractivity contribution in [3.8, 4) is 5.88 Å². The van der Waals surface area contributed by atoms with Crippen molar-refractivity contribution in [2.24, 2.45) is 11.8 Å². The lowest BCUT2D eigenvalue weighted by Gasteiger charge is -2.09. The molecule has 0 amide bonds. The fourth-order valence-electron chi connectivity index (χ4n) is 1.69. The Hall–Kier alpha value is -1.40. The average Bonchev–Trinajstić information content (AvgIpc) is 2.81. The highest BCUT2D eigenvalue weighted by Crippen LogP contribution is 2.31. The van der Waals surface area contributed by atoms with Crippen LogP contribution in [0.2, 0.25) is 0 Å². The quantitative estimate of drug-likeness (QED) is 0.628. The summed E-state index contributed by atoms with van der Waals surface area (Å²) in [5, 5.41) is 0.976. The number of nitrogens with zero attached hydrogens (tertiary/aromatic N) is 2. The molecule has 0 atom stereocenters. The zero-order valence-corrected chi connectivity index (χ0v) is 12.4. The van der Waals surface area contributed by atoms with Crippen molar-refractivity contribution in [1.29, 1.82) is 0 Å². The summed E-state index contributed by atoms with van der Waals surface area (Å²) in [5.74, 6) is 7.03. The molecule has 104 valence electrons. The van der Waals surface area contributed by atoms with Crippen LogP contribution >= 0.6 is 11.3 Å². The third kappa shape index (κ3) is 3.33. The van der Waals surface area contributed by atoms with Crippen LogP contribution in [0.15, 0.2) is 6.07 Å². The van der Waals surface area contributed by atoms with E-state index in [1.165, 1.54) is 4.88 Å². The molecule has 0 aliphatic heterocycles. The van der Waals surface area contributed by atoms with E-state index in [4.69, 9.17) is 10.6 Å². The van der Waals surface area contributed by atoms with Gasteiger partial charge in [-0.05, 0) is 24.8 Å². The topological polar surface area (TPSA) is 73.1 Å². The van der Waals surface area contributed by atoms with E-state index in [-0.39, 0.29) is 0 Å². The van der Waals surface area contributed by atoms with Crippen LogP contribution in [0.1, 0.15) is 32.1 Å². The molecule has 0 spiro atoms. The van der Waals surface area contributed by atoms with E-state index in [1.54, 1.807) is 11.3 Å². The second kappa shape index (κ2) is 6.16. The molecule has 2 aromatic rings. The van der Waals surface area contributed by atoms with E-state index in [0.29, 0.717) is 24.4 Å². The zero-order valence-electron chi connectivity index (χ0n) is 11.6. The number of thiophene rings is 1. The Morgan fingerprint density at radius 2 is 2.21 bits per heavy atom. The number of hydrogen-bond donors (Lipinski definition) is 2. The smallest absolute Gasteiger partial charge is 0.241 e. The minimum absolute atomic E-state index is 0.400. The summed E-state index contributed by atoms with van der Waals surface area (Å²) in [6.45, 7) is 7.13. The molecule has 2 aromatic heterocycles. The number of nitrogens with one attached hydrogen (secondary N) is 1. The summed E-state index contributed by atoms with van der Waals surface area (Å²) in [5.41, 5.74) is 2.49. The van der Waals surface area contributed by atoms with Gasteiger partial charge in [0.05, 0.1) is 12.0 Å². The van der Waals surface area contributed by atoms with Crippen LogP contribution < -0.4 is 16.0 Å². The Bertz CT molecular complexity index is 553. The van der Waals surface area contributed by atoms with Crippen LogP contribution in [-0.2, 0) is 6.42 Å². The minimum atomic E-state index is 0.400. The monoisotopic (exact) mass is 280 g/mol. The van der Waals surface area contributed by atoms with Crippen LogP contribution in [0.25, 0.3) is 10.2 Å². The maximum atomic E-state index is 5.79. The summed E-state index contributed by atoms with van der Waals surface area (Å²) in [4.78, 5) is 10.8. The number of hydrazine groups is 1. The van der Waals surface area contributed by atoms with Gasteiger partial charge >= 0.3 is 0 Å². The Morgan fingerprint density at radius 1 is 1.42 bits per heavy atom. The van der Waals surface area contributed by atoms with E-state index >= 15 is 0 Å². The summed E-state index contributed by atoms with van der Waals surface area (Å²) in [6.07, 6.45) is 1.99. The Balaban J connectivity index is 2.30. The van der Waals surface area contributed by atoms with Crippen LogP contribution in [0.4, 0.5) is 5.95 Å². The number of rotatable bonds is 6. The van der Waals surface area contributed by atoms with Crippen molar-refractivity contribution in [3.05, 3.63) is 10.9 Å². The van der Waals surface area contributed by atoms with E-state index in [2.05, 4.69) is 42.2 Å². The van der Waals surface area contributed by atoms with Gasteiger partial charge in [0.15, 0.2) is 0 Å². The van der Waals surface area contributed by atoms with Crippen molar-refractivity contribution in [2.45, 2.75) is 33.6 Å². The second-order valence-corrected chi connectivity index (χ2v) is 5.93. The van der Waals surface area contributed by atoms with Gasteiger partial charge in [-0.1, -0.05) is 20.8 Å². The van der Waals surface area contributed by atoms with Gasteiger partial charge in [0, 0.05) is 4.88 Å². The van der Waals surface area contributed by atoms with E-state index in [9.17, 15) is 0 Å². The molecule has 0 radical (unpaired) electrons. The molecule has 6 heteroatoms. The number of aryl methyl sites for hydroxylation is 1. The third-order valence-electron chi connectivity index (χ3n) is 2.82. The molecule has 19 heavy (non-hydrogen) atoms. The predicted molar refractivity (Wildman–Crippen MR) is 79.6 cm³/mol. The molecule has 3 N–H and O–H groups in total. The lowest BCUT2D eigenvalue weighted by atomic mass is 10.1. The first-order valence-electron chi connectivity index (χ1n) is 6.54. The van der Waals surface area contributed by atoms with E-state index in [0.717, 1.165) is 23.1 Å². The molecule has 0 fully saturated rings. The predicted octanol–water partition coefficient (Wildman–Crippen LogP) is 2.96. The molecule has 0 unspecified atom stereocenters. The Labute approximate surface area is 117 Å². The number of anilines is 1. The first-order chi connectivity index (χ1) is 9.13. The fourth-order valence-corrected chi connectivity index (χ4v) is 2.64. The number of hydrogen-bond acceptors (Lipinski definition) is 6. The largest absolute Gasteiger partial charge is 0.477 e. The highest BCUT2D eigenvalue weighted by molar-refractivity contribution is 7.18. The van der Waals surface area contributed by atoms with E-state index in [1.807, 2.05) is 0 Å². The van der Waals surface area contributed by atoms with Gasteiger partial charge in [-0.25, -0.2) is 10.8 Å². The van der Waals surface area contributed by atoms with Crippen molar-refractivity contribution < 1.29 is 4.74 Å². The van der Waals surface area contributed by atoms with Crippen molar-refractivity contribution in [1.82, 2.24) is 9.97 Å².